The predicted octanol–water partition coefficient (Wildman–Crippen LogP) is 5.06. The van der Waals surface area contributed by atoms with Crippen LogP contribution in [0.5, 0.6) is 0 Å². The van der Waals surface area contributed by atoms with Gasteiger partial charge >= 0.3 is 10.2 Å². The molecule has 0 spiro atoms. The van der Waals surface area contributed by atoms with Crippen molar-refractivity contribution in [2.75, 3.05) is 15.2 Å². The number of rotatable bonds is 13. The first-order valence-corrected chi connectivity index (χ1v) is 16.9. The molecule has 1 aliphatic rings. The van der Waals surface area contributed by atoms with Gasteiger partial charge in [-0.15, -0.1) is 0 Å². The lowest BCUT2D eigenvalue weighted by molar-refractivity contribution is -0.122. The molecular formula is C33H34N4O6S2. The second-order valence-corrected chi connectivity index (χ2v) is 12.9. The minimum absolute atomic E-state index is 0.0644. The van der Waals surface area contributed by atoms with E-state index in [2.05, 4.69) is 17.4 Å². The van der Waals surface area contributed by atoms with Crippen LogP contribution in [-0.2, 0) is 39.1 Å². The molecule has 4 aromatic carbocycles. The number of aryl methyl sites for hydroxylation is 1. The molecule has 0 radical (unpaired) electrons. The minimum atomic E-state index is -3.96. The topological polar surface area (TPSA) is 139 Å². The van der Waals surface area contributed by atoms with Crippen LogP contribution in [0.1, 0.15) is 24.0 Å². The summed E-state index contributed by atoms with van der Waals surface area (Å²) in [6.07, 6.45) is 3.59. The molecule has 1 heterocycles. The third kappa shape index (κ3) is 8.09. The van der Waals surface area contributed by atoms with Crippen molar-refractivity contribution in [3.05, 3.63) is 132 Å². The molecule has 0 bridgehead atoms. The van der Waals surface area contributed by atoms with E-state index in [0.29, 0.717) is 17.8 Å². The average Bonchev–Trinajstić information content (AvgIpc) is 3.33. The molecule has 2 atom stereocenters. The van der Waals surface area contributed by atoms with Crippen molar-refractivity contribution >= 4 is 38.8 Å². The summed E-state index contributed by atoms with van der Waals surface area (Å²) in [7, 11) is -3.96. The average molecular weight is 647 g/mol. The highest BCUT2D eigenvalue weighted by Crippen LogP contribution is 2.28. The monoisotopic (exact) mass is 646 g/mol. The molecule has 4 N–H and O–H groups in total. The lowest BCUT2D eigenvalue weighted by atomic mass is 10.0. The van der Waals surface area contributed by atoms with Gasteiger partial charge in [0.25, 0.3) is 11.3 Å². The Balaban J connectivity index is 1.35. The number of carbonyl (C=O) groups is 1. The van der Waals surface area contributed by atoms with Crippen LogP contribution in [0.2, 0.25) is 0 Å². The molecule has 45 heavy (non-hydrogen) atoms. The molecule has 10 nitrogen and oxygen atoms in total. The Kier molecular flexibility index (Phi) is 10.2. The maximum absolute atomic E-state index is 13.7. The normalized spacial score (nSPS) is 15.0. The van der Waals surface area contributed by atoms with Crippen molar-refractivity contribution < 1.29 is 27.1 Å². The molecule has 1 amide bonds. The molecular weight excluding hydrogens is 613 g/mol. The fourth-order valence-electron chi connectivity index (χ4n) is 5.12. The van der Waals surface area contributed by atoms with Gasteiger partial charge in [-0.3, -0.25) is 13.7 Å². The zero-order valence-electron chi connectivity index (χ0n) is 24.3. The first-order valence-electron chi connectivity index (χ1n) is 14.4. The molecule has 4 aromatic rings. The standard InChI is InChI=1S/C33H34N4O6S2/c38-32-24-36(45(42,43)35-32)29-18-14-26(15-19-29)23-31(33(39)34-22-8-7-11-25-9-3-1-4-10-25)37(44(40)41)30-20-16-28(17-21-30)27-12-5-2-6-13-27/h1-6,9-10,12-21,24,31,35,38H,7-8,11,22-23H2,(H,34,39)(H,40,41). The summed E-state index contributed by atoms with van der Waals surface area (Å²) in [5.41, 5.74) is 4.43. The van der Waals surface area contributed by atoms with Gasteiger partial charge in [-0.1, -0.05) is 84.9 Å². The highest BCUT2D eigenvalue weighted by Gasteiger charge is 2.32. The summed E-state index contributed by atoms with van der Waals surface area (Å²) in [4.78, 5) is 13.7. The van der Waals surface area contributed by atoms with Gasteiger partial charge in [0.2, 0.25) is 11.8 Å². The molecule has 0 fully saturated rings. The molecule has 0 saturated carbocycles. The van der Waals surface area contributed by atoms with Crippen LogP contribution in [0.15, 0.2) is 121 Å². The Morgan fingerprint density at radius 2 is 1.47 bits per heavy atom. The fourth-order valence-corrected chi connectivity index (χ4v) is 6.87. The van der Waals surface area contributed by atoms with Crippen molar-refractivity contribution in [2.45, 2.75) is 31.7 Å². The number of amides is 1. The van der Waals surface area contributed by atoms with Crippen LogP contribution in [0.4, 0.5) is 11.4 Å². The molecule has 5 rings (SSSR count). The van der Waals surface area contributed by atoms with Gasteiger partial charge in [0.15, 0.2) is 0 Å². The summed E-state index contributed by atoms with van der Waals surface area (Å²) < 4.78 is 51.9. The van der Waals surface area contributed by atoms with E-state index in [9.17, 15) is 27.1 Å². The van der Waals surface area contributed by atoms with Crippen LogP contribution >= 0.6 is 0 Å². The predicted molar refractivity (Wildman–Crippen MR) is 177 cm³/mol. The number of hydrogen-bond acceptors (Lipinski definition) is 5. The number of aliphatic hydroxyl groups is 1. The number of carbonyl (C=O) groups excluding carboxylic acids is 1. The highest BCUT2D eigenvalue weighted by atomic mass is 32.2. The van der Waals surface area contributed by atoms with E-state index >= 15 is 0 Å². The van der Waals surface area contributed by atoms with Gasteiger partial charge in [-0.25, -0.2) is 13.2 Å². The number of anilines is 2. The minimum Gasteiger partial charge on any atom is -0.493 e. The van der Waals surface area contributed by atoms with Crippen molar-refractivity contribution in [2.24, 2.45) is 0 Å². The maximum atomic E-state index is 13.7. The summed E-state index contributed by atoms with van der Waals surface area (Å²) in [6.45, 7) is 0.398. The SMILES string of the molecule is O=C(NCCCCc1ccccc1)C(Cc1ccc(N2C=C(O)NS2(=O)=O)cc1)N(c1ccc(-c2ccccc2)cc1)S(=O)O. The van der Waals surface area contributed by atoms with E-state index in [-0.39, 0.29) is 12.1 Å². The maximum Gasteiger partial charge on any atom is 0.330 e. The zero-order valence-corrected chi connectivity index (χ0v) is 26.0. The van der Waals surface area contributed by atoms with E-state index in [1.54, 1.807) is 24.3 Å². The van der Waals surface area contributed by atoms with Crippen LogP contribution in [0.3, 0.4) is 0 Å². The van der Waals surface area contributed by atoms with E-state index in [4.69, 9.17) is 0 Å². The molecule has 2 unspecified atom stereocenters. The summed E-state index contributed by atoms with van der Waals surface area (Å²) in [5.74, 6) is -0.911. The van der Waals surface area contributed by atoms with Crippen LogP contribution in [-0.4, -0.2) is 40.8 Å². The smallest absolute Gasteiger partial charge is 0.330 e. The number of hydrogen-bond donors (Lipinski definition) is 4. The fraction of sp³-hybridized carbons (Fsp3) is 0.182. The Morgan fingerprint density at radius 3 is 2.07 bits per heavy atom. The van der Waals surface area contributed by atoms with Crippen LogP contribution < -0.4 is 18.6 Å². The van der Waals surface area contributed by atoms with Gasteiger partial charge < -0.3 is 10.4 Å². The second kappa shape index (κ2) is 14.4. The Hall–Kier alpha value is -4.65. The molecule has 234 valence electrons. The van der Waals surface area contributed by atoms with Crippen molar-refractivity contribution in [3.8, 4) is 11.1 Å². The number of unbranched alkanes of at least 4 members (excludes halogenated alkanes) is 1. The van der Waals surface area contributed by atoms with Crippen molar-refractivity contribution in [1.29, 1.82) is 0 Å². The van der Waals surface area contributed by atoms with Gasteiger partial charge in [-0.2, -0.15) is 8.42 Å². The van der Waals surface area contributed by atoms with Crippen LogP contribution in [0, 0.1) is 0 Å². The Morgan fingerprint density at radius 1 is 0.844 bits per heavy atom. The molecule has 12 heteroatoms. The molecule has 0 saturated heterocycles. The number of benzene rings is 4. The number of nitrogens with zero attached hydrogens (tertiary/aromatic N) is 2. The third-order valence-electron chi connectivity index (χ3n) is 7.37. The van der Waals surface area contributed by atoms with Gasteiger partial charge in [0, 0.05) is 13.0 Å². The van der Waals surface area contributed by atoms with Gasteiger partial charge in [0.05, 0.1) is 17.6 Å². The lowest BCUT2D eigenvalue weighted by Gasteiger charge is -2.29. The largest absolute Gasteiger partial charge is 0.493 e. The first kappa shape index (κ1) is 31.8. The number of aliphatic hydroxyl groups excluding tert-OH is 1. The Labute approximate surface area is 265 Å². The van der Waals surface area contributed by atoms with Crippen molar-refractivity contribution in [3.63, 3.8) is 0 Å². The zero-order chi connectivity index (χ0) is 31.8. The number of nitrogens with one attached hydrogen (secondary N) is 2. The van der Waals surface area contributed by atoms with Gasteiger partial charge in [0.1, 0.15) is 6.04 Å². The van der Waals surface area contributed by atoms with E-state index in [1.807, 2.05) is 65.4 Å². The Bertz CT molecular complexity index is 1750. The third-order valence-corrected chi connectivity index (χ3v) is 9.47. The summed E-state index contributed by atoms with van der Waals surface area (Å²) in [6, 6.07) is 32.2. The summed E-state index contributed by atoms with van der Waals surface area (Å²) >= 11 is -2.54. The first-order chi connectivity index (χ1) is 21.7. The quantitative estimate of drug-likeness (QED) is 0.118. The van der Waals surface area contributed by atoms with E-state index < -0.39 is 39.3 Å². The lowest BCUT2D eigenvalue weighted by Crippen LogP contribution is -2.49. The van der Waals surface area contributed by atoms with E-state index in [0.717, 1.165) is 40.9 Å². The second-order valence-electron chi connectivity index (χ2n) is 10.5. The van der Waals surface area contributed by atoms with E-state index in [1.165, 1.54) is 22.0 Å². The highest BCUT2D eigenvalue weighted by molar-refractivity contribution is 7.91. The van der Waals surface area contributed by atoms with Crippen molar-refractivity contribution in [1.82, 2.24) is 10.0 Å². The van der Waals surface area contributed by atoms with Crippen LogP contribution in [0.25, 0.3) is 11.1 Å². The van der Waals surface area contributed by atoms with Gasteiger partial charge in [-0.05, 0) is 65.8 Å². The molecule has 0 aliphatic carbocycles. The summed E-state index contributed by atoms with van der Waals surface area (Å²) in [5, 5.41) is 12.6. The molecule has 0 aromatic heterocycles. The molecule has 1 aliphatic heterocycles.